The Hall–Kier alpha value is -0.860. The van der Waals surface area contributed by atoms with Crippen molar-refractivity contribution in [2.45, 2.75) is 58.7 Å². The van der Waals surface area contributed by atoms with E-state index in [1.807, 2.05) is 0 Å². The number of rotatable bonds is 5. The number of benzene rings is 1. The van der Waals surface area contributed by atoms with Crippen molar-refractivity contribution in [3.05, 3.63) is 34.9 Å². The average molecular weight is 262 g/mol. The van der Waals surface area contributed by atoms with Gasteiger partial charge < -0.3 is 9.84 Å². The predicted molar refractivity (Wildman–Crippen MR) is 78.2 cm³/mol. The molecule has 0 saturated carbocycles. The van der Waals surface area contributed by atoms with E-state index >= 15 is 0 Å². The van der Waals surface area contributed by atoms with E-state index in [-0.39, 0.29) is 17.6 Å². The van der Waals surface area contributed by atoms with Gasteiger partial charge in [-0.3, -0.25) is 0 Å². The molecule has 0 spiro atoms. The van der Waals surface area contributed by atoms with Crippen LogP contribution in [0.25, 0.3) is 0 Å². The highest BCUT2D eigenvalue weighted by atomic mass is 16.5. The summed E-state index contributed by atoms with van der Waals surface area (Å²) in [6.07, 6.45) is 3.92. The zero-order valence-corrected chi connectivity index (χ0v) is 12.6. The lowest BCUT2D eigenvalue weighted by atomic mass is 9.77. The van der Waals surface area contributed by atoms with Crippen molar-refractivity contribution < 1.29 is 9.84 Å². The third-order valence-corrected chi connectivity index (χ3v) is 4.40. The molecular weight excluding hydrogens is 236 g/mol. The summed E-state index contributed by atoms with van der Waals surface area (Å²) in [5.41, 5.74) is 3.81. The second kappa shape index (κ2) is 5.64. The van der Waals surface area contributed by atoms with E-state index < -0.39 is 0 Å². The van der Waals surface area contributed by atoms with Gasteiger partial charge in [0.05, 0.1) is 12.2 Å². The predicted octanol–water partition coefficient (Wildman–Crippen LogP) is 4.18. The van der Waals surface area contributed by atoms with Gasteiger partial charge in [-0.2, -0.15) is 0 Å². The van der Waals surface area contributed by atoms with Crippen LogP contribution in [-0.2, 0) is 11.2 Å². The highest BCUT2D eigenvalue weighted by Crippen LogP contribution is 2.44. The van der Waals surface area contributed by atoms with Gasteiger partial charge in [0.1, 0.15) is 0 Å². The van der Waals surface area contributed by atoms with E-state index in [2.05, 4.69) is 39.0 Å². The zero-order valence-electron chi connectivity index (χ0n) is 12.6. The van der Waals surface area contributed by atoms with E-state index in [0.717, 1.165) is 31.2 Å². The van der Waals surface area contributed by atoms with Crippen molar-refractivity contribution in [2.24, 2.45) is 5.41 Å². The highest BCUT2D eigenvalue weighted by molar-refractivity contribution is 5.41. The number of ether oxygens (including phenoxy) is 1. The van der Waals surface area contributed by atoms with Crippen LogP contribution in [0.15, 0.2) is 18.2 Å². The number of aliphatic hydroxyl groups is 1. The quantitative estimate of drug-likeness (QED) is 0.862. The van der Waals surface area contributed by atoms with Gasteiger partial charge in [-0.1, -0.05) is 45.4 Å². The molecule has 2 nitrogen and oxygen atoms in total. The van der Waals surface area contributed by atoms with E-state index in [1.54, 1.807) is 7.11 Å². The first kappa shape index (κ1) is 14.5. The lowest BCUT2D eigenvalue weighted by molar-refractivity contribution is -0.000605. The van der Waals surface area contributed by atoms with E-state index in [4.69, 9.17) is 4.74 Å². The molecule has 0 fully saturated rings. The number of fused-ring (bicyclic) bond motifs is 1. The molecule has 0 aliphatic heterocycles. The second-order valence-corrected chi connectivity index (χ2v) is 6.32. The average Bonchev–Trinajstić information content (AvgIpc) is 2.73. The molecule has 0 bridgehead atoms. The molecule has 1 aliphatic carbocycles. The van der Waals surface area contributed by atoms with Gasteiger partial charge in [-0.25, -0.2) is 0 Å². The highest BCUT2D eigenvalue weighted by Gasteiger charge is 2.34. The van der Waals surface area contributed by atoms with Gasteiger partial charge in [0.15, 0.2) is 0 Å². The molecule has 1 aliphatic rings. The Morgan fingerprint density at radius 3 is 2.79 bits per heavy atom. The molecule has 2 atom stereocenters. The van der Waals surface area contributed by atoms with Crippen molar-refractivity contribution in [1.82, 2.24) is 0 Å². The fourth-order valence-electron chi connectivity index (χ4n) is 3.55. The molecule has 1 aromatic rings. The minimum absolute atomic E-state index is 0.104. The van der Waals surface area contributed by atoms with Crippen LogP contribution < -0.4 is 0 Å². The van der Waals surface area contributed by atoms with Gasteiger partial charge in [-0.05, 0) is 41.4 Å². The molecule has 0 radical (unpaired) electrons. The molecule has 1 N–H and O–H groups in total. The monoisotopic (exact) mass is 262 g/mol. The first-order chi connectivity index (χ1) is 9.01. The first-order valence-corrected chi connectivity index (χ1v) is 7.33. The van der Waals surface area contributed by atoms with E-state index in [1.165, 1.54) is 11.1 Å². The molecule has 2 heteroatoms. The maximum atomic E-state index is 10.0. The summed E-state index contributed by atoms with van der Waals surface area (Å²) in [7, 11) is 1.80. The van der Waals surface area contributed by atoms with E-state index in [9.17, 15) is 5.11 Å². The van der Waals surface area contributed by atoms with Crippen molar-refractivity contribution in [3.63, 3.8) is 0 Å². The van der Waals surface area contributed by atoms with Gasteiger partial charge >= 0.3 is 0 Å². The van der Waals surface area contributed by atoms with Crippen LogP contribution in [0.4, 0.5) is 0 Å². The molecule has 0 saturated heterocycles. The fourth-order valence-corrected chi connectivity index (χ4v) is 3.55. The Kier molecular flexibility index (Phi) is 4.32. The molecule has 0 aromatic heterocycles. The number of aliphatic hydroxyl groups excluding tert-OH is 1. The fraction of sp³-hybridized carbons (Fsp3) is 0.647. The smallest absolute Gasteiger partial charge is 0.0874 e. The lowest BCUT2D eigenvalue weighted by Gasteiger charge is -2.34. The summed E-state index contributed by atoms with van der Waals surface area (Å²) in [6.45, 7) is 6.76. The standard InChI is InChI=1S/C17H26O2/c1-5-11-17(2,3)16(19-4)14-8-6-7-13-12(14)9-10-15(13)18/h6-8,15-16,18H,5,9-11H2,1-4H3. The van der Waals surface area contributed by atoms with Gasteiger partial charge in [0.25, 0.3) is 0 Å². The molecule has 0 amide bonds. The summed E-state index contributed by atoms with van der Waals surface area (Å²) < 4.78 is 5.83. The molecular formula is C17H26O2. The Balaban J connectivity index is 2.40. The molecule has 106 valence electrons. The van der Waals surface area contributed by atoms with Crippen LogP contribution in [0, 0.1) is 5.41 Å². The molecule has 19 heavy (non-hydrogen) atoms. The largest absolute Gasteiger partial charge is 0.388 e. The Bertz CT molecular complexity index is 437. The van der Waals surface area contributed by atoms with Crippen molar-refractivity contribution in [3.8, 4) is 0 Å². The Labute approximate surface area is 116 Å². The molecule has 0 heterocycles. The first-order valence-electron chi connectivity index (χ1n) is 7.33. The van der Waals surface area contributed by atoms with Gasteiger partial charge in [-0.15, -0.1) is 0 Å². The van der Waals surface area contributed by atoms with Crippen LogP contribution in [0.1, 0.15) is 68.9 Å². The summed E-state index contributed by atoms with van der Waals surface area (Å²) in [6, 6.07) is 6.27. The molecule has 2 unspecified atom stereocenters. The van der Waals surface area contributed by atoms with Crippen molar-refractivity contribution >= 4 is 0 Å². The second-order valence-electron chi connectivity index (χ2n) is 6.32. The SMILES string of the molecule is CCCC(C)(C)C(OC)c1cccc2c1CCC2O. The van der Waals surface area contributed by atoms with Crippen molar-refractivity contribution in [1.29, 1.82) is 0 Å². The molecule has 2 rings (SSSR count). The van der Waals surface area contributed by atoms with E-state index in [0.29, 0.717) is 0 Å². The Morgan fingerprint density at radius 1 is 1.42 bits per heavy atom. The number of hydrogen-bond donors (Lipinski definition) is 1. The Morgan fingerprint density at radius 2 is 2.16 bits per heavy atom. The van der Waals surface area contributed by atoms with Crippen LogP contribution in [0.5, 0.6) is 0 Å². The molecule has 1 aromatic carbocycles. The zero-order chi connectivity index (χ0) is 14.0. The third-order valence-electron chi connectivity index (χ3n) is 4.40. The topological polar surface area (TPSA) is 29.5 Å². The van der Waals surface area contributed by atoms with Crippen molar-refractivity contribution in [2.75, 3.05) is 7.11 Å². The normalized spacial score (nSPS) is 20.4. The van der Waals surface area contributed by atoms with Crippen LogP contribution in [0.2, 0.25) is 0 Å². The lowest BCUT2D eigenvalue weighted by Crippen LogP contribution is -2.24. The summed E-state index contributed by atoms with van der Waals surface area (Å²) in [5, 5.41) is 10.0. The maximum absolute atomic E-state index is 10.0. The summed E-state index contributed by atoms with van der Waals surface area (Å²) in [4.78, 5) is 0. The minimum Gasteiger partial charge on any atom is -0.388 e. The van der Waals surface area contributed by atoms with Crippen LogP contribution >= 0.6 is 0 Å². The van der Waals surface area contributed by atoms with Crippen LogP contribution in [0.3, 0.4) is 0 Å². The number of methoxy groups -OCH3 is 1. The van der Waals surface area contributed by atoms with Gasteiger partial charge in [0, 0.05) is 7.11 Å². The van der Waals surface area contributed by atoms with Gasteiger partial charge in [0.2, 0.25) is 0 Å². The summed E-state index contributed by atoms with van der Waals surface area (Å²) >= 11 is 0. The third kappa shape index (κ3) is 2.70. The van der Waals surface area contributed by atoms with Crippen LogP contribution in [-0.4, -0.2) is 12.2 Å². The maximum Gasteiger partial charge on any atom is 0.0874 e. The summed E-state index contributed by atoms with van der Waals surface area (Å²) in [5.74, 6) is 0. The minimum atomic E-state index is -0.290. The number of hydrogen-bond acceptors (Lipinski definition) is 2.